The van der Waals surface area contributed by atoms with Crippen molar-refractivity contribution in [3.8, 4) is 0 Å². The fourth-order valence-electron chi connectivity index (χ4n) is 2.33. The summed E-state index contributed by atoms with van der Waals surface area (Å²) >= 11 is 0. The summed E-state index contributed by atoms with van der Waals surface area (Å²) < 4.78 is 0. The maximum absolute atomic E-state index is 9.28. The van der Waals surface area contributed by atoms with Gasteiger partial charge in [-0.1, -0.05) is 71.3 Å². The third-order valence-corrected chi connectivity index (χ3v) is 3.71. The van der Waals surface area contributed by atoms with E-state index in [1.807, 2.05) is 0 Å². The molecule has 7 heteroatoms. The molecule has 0 atom stereocenters. The first kappa shape index (κ1) is 35.1. The maximum Gasteiger partial charge on any atom is 1.00 e. The summed E-state index contributed by atoms with van der Waals surface area (Å²) in [6.45, 7) is 4.55. The van der Waals surface area contributed by atoms with Crippen LogP contribution in [0.5, 0.6) is 0 Å². The van der Waals surface area contributed by atoms with Crippen LogP contribution in [0.3, 0.4) is 0 Å². The molecule has 1 aromatic carbocycles. The summed E-state index contributed by atoms with van der Waals surface area (Å²) in [4.78, 5) is 18.6. The molecule has 0 amide bonds. The minimum atomic E-state index is -1.63. The minimum Gasteiger partial charge on any atom is -0.550 e. The molecule has 0 aliphatic carbocycles. The van der Waals surface area contributed by atoms with Gasteiger partial charge in [-0.25, -0.2) is 0 Å². The number of hydrogen-bond acceptors (Lipinski definition) is 4. The van der Waals surface area contributed by atoms with Gasteiger partial charge in [-0.05, 0) is 0 Å². The standard InChI is InChI=1S/C17H27.C3H4O4.Li.2Na/c1-3-4-5-6-7-8-10-13-16(2)17-14-11-9-12-15-17;4-2(5)1-3(6)7;;;/h9,11-12,14-15H,3-8,10,13H2,1-2H3;1H2,(H,4,5)(H,6,7);;;/q-1;;3*+1/p-2. The van der Waals surface area contributed by atoms with Crippen molar-refractivity contribution in [2.75, 3.05) is 0 Å². The Hall–Kier alpha value is 0.627. The molecule has 0 saturated heterocycles. The molecular formula is C20H29LiNa2O4. The number of aliphatic carboxylic acids is 2. The monoisotopic (exact) mass is 386 g/mol. The zero-order valence-electron chi connectivity index (χ0n) is 17.9. The third kappa shape index (κ3) is 24.6. The fraction of sp³-hybridized carbons (Fsp3) is 0.550. The molecule has 0 bridgehead atoms. The van der Waals surface area contributed by atoms with Crippen molar-refractivity contribution < 1.29 is 97.8 Å². The second kappa shape index (κ2) is 24.7. The SMILES string of the molecule is CCCCCCCCC[C-](C)c1ccccc1.O=C([O-])CC(=O)[O-].[Li+].[Na+].[Na+]. The number of rotatable bonds is 11. The van der Waals surface area contributed by atoms with Crippen LogP contribution >= 0.6 is 0 Å². The first-order valence-electron chi connectivity index (χ1n) is 8.74. The number of carbonyl (C=O) groups excluding carboxylic acids is 2. The van der Waals surface area contributed by atoms with Crippen molar-refractivity contribution in [1.29, 1.82) is 0 Å². The molecule has 0 radical (unpaired) electrons. The van der Waals surface area contributed by atoms with Crippen molar-refractivity contribution in [2.45, 2.75) is 71.6 Å². The summed E-state index contributed by atoms with van der Waals surface area (Å²) in [5.74, 6) is -1.71. The number of carboxylic acid groups (broad SMARTS) is 2. The van der Waals surface area contributed by atoms with Gasteiger partial charge in [-0.15, -0.1) is 12.1 Å². The molecule has 27 heavy (non-hydrogen) atoms. The summed E-state index contributed by atoms with van der Waals surface area (Å²) in [6.07, 6.45) is 10.0. The topological polar surface area (TPSA) is 80.3 Å². The van der Waals surface area contributed by atoms with E-state index in [0.717, 1.165) is 0 Å². The molecule has 0 spiro atoms. The molecule has 0 aromatic heterocycles. The van der Waals surface area contributed by atoms with Crippen LogP contribution in [0.2, 0.25) is 0 Å². The van der Waals surface area contributed by atoms with E-state index < -0.39 is 18.4 Å². The molecule has 0 fully saturated rings. The molecule has 1 aromatic rings. The predicted octanol–water partition coefficient (Wildman–Crippen LogP) is -6.34. The van der Waals surface area contributed by atoms with Crippen LogP contribution in [-0.4, -0.2) is 11.9 Å². The summed E-state index contributed by atoms with van der Waals surface area (Å²) in [5, 5.41) is 18.6. The van der Waals surface area contributed by atoms with Gasteiger partial charge in [0.2, 0.25) is 0 Å². The Labute approximate surface area is 221 Å². The molecule has 0 heterocycles. The van der Waals surface area contributed by atoms with Gasteiger partial charge in [0.25, 0.3) is 0 Å². The van der Waals surface area contributed by atoms with Crippen LogP contribution < -0.4 is 88.2 Å². The van der Waals surface area contributed by atoms with Gasteiger partial charge in [0.1, 0.15) is 0 Å². The Morgan fingerprint density at radius 3 is 1.70 bits per heavy atom. The Morgan fingerprint density at radius 2 is 1.30 bits per heavy atom. The molecule has 0 aliphatic heterocycles. The molecule has 0 unspecified atom stereocenters. The minimum absolute atomic E-state index is 0. The van der Waals surface area contributed by atoms with Gasteiger partial charge in [0.05, 0.1) is 0 Å². The van der Waals surface area contributed by atoms with E-state index in [4.69, 9.17) is 0 Å². The van der Waals surface area contributed by atoms with Crippen molar-refractivity contribution in [3.63, 3.8) is 0 Å². The molecular weight excluding hydrogens is 357 g/mol. The van der Waals surface area contributed by atoms with Gasteiger partial charge in [-0.2, -0.15) is 23.6 Å². The Balaban J connectivity index is -0.000000230. The summed E-state index contributed by atoms with van der Waals surface area (Å²) in [5.41, 5.74) is 1.42. The molecule has 0 saturated carbocycles. The number of hydrogen-bond donors (Lipinski definition) is 0. The largest absolute Gasteiger partial charge is 1.00 e. The molecule has 0 N–H and O–H groups in total. The van der Waals surface area contributed by atoms with Gasteiger partial charge < -0.3 is 19.8 Å². The van der Waals surface area contributed by atoms with Gasteiger partial charge in [0.15, 0.2) is 0 Å². The summed E-state index contributed by atoms with van der Waals surface area (Å²) in [7, 11) is 0. The van der Waals surface area contributed by atoms with E-state index in [2.05, 4.69) is 44.2 Å². The van der Waals surface area contributed by atoms with E-state index in [9.17, 15) is 19.8 Å². The van der Waals surface area contributed by atoms with Gasteiger partial charge in [0, 0.05) is 18.4 Å². The fourth-order valence-corrected chi connectivity index (χ4v) is 2.33. The molecule has 136 valence electrons. The first-order valence-corrected chi connectivity index (χ1v) is 8.74. The maximum atomic E-state index is 9.28. The molecule has 4 nitrogen and oxygen atoms in total. The van der Waals surface area contributed by atoms with Crippen molar-refractivity contribution in [2.24, 2.45) is 0 Å². The normalized spacial score (nSPS) is 8.67. The smallest absolute Gasteiger partial charge is 0.550 e. The van der Waals surface area contributed by atoms with E-state index in [1.165, 1.54) is 56.9 Å². The first-order chi connectivity index (χ1) is 11.5. The molecule has 0 aliphatic rings. The van der Waals surface area contributed by atoms with Crippen LogP contribution in [0.1, 0.15) is 77.2 Å². The second-order valence-electron chi connectivity index (χ2n) is 5.94. The van der Waals surface area contributed by atoms with Gasteiger partial charge >= 0.3 is 78.0 Å². The van der Waals surface area contributed by atoms with Crippen LogP contribution in [0.4, 0.5) is 0 Å². The Kier molecular flexibility index (Phi) is 32.1. The number of carbonyl (C=O) groups is 2. The summed E-state index contributed by atoms with van der Waals surface area (Å²) in [6, 6.07) is 10.8. The van der Waals surface area contributed by atoms with Crippen molar-refractivity contribution in [3.05, 3.63) is 41.8 Å². The Morgan fingerprint density at radius 1 is 0.852 bits per heavy atom. The van der Waals surface area contributed by atoms with E-state index in [1.54, 1.807) is 5.92 Å². The van der Waals surface area contributed by atoms with Crippen LogP contribution in [0, 0.1) is 5.92 Å². The van der Waals surface area contributed by atoms with Gasteiger partial charge in [-0.3, -0.25) is 0 Å². The number of unbranched alkanes of at least 4 members (excludes halogenated alkanes) is 6. The molecule has 1 rings (SSSR count). The van der Waals surface area contributed by atoms with Crippen molar-refractivity contribution in [1.82, 2.24) is 0 Å². The second-order valence-corrected chi connectivity index (χ2v) is 5.94. The van der Waals surface area contributed by atoms with Crippen LogP contribution in [0.15, 0.2) is 30.3 Å². The quantitative estimate of drug-likeness (QED) is 0.164. The Bertz CT molecular complexity index is 447. The van der Waals surface area contributed by atoms with E-state index in [0.29, 0.717) is 0 Å². The van der Waals surface area contributed by atoms with E-state index >= 15 is 0 Å². The zero-order valence-corrected chi connectivity index (χ0v) is 21.9. The zero-order chi connectivity index (χ0) is 18.2. The average molecular weight is 386 g/mol. The predicted molar refractivity (Wildman–Crippen MR) is 91.7 cm³/mol. The van der Waals surface area contributed by atoms with Crippen LogP contribution in [-0.2, 0) is 9.59 Å². The van der Waals surface area contributed by atoms with Crippen LogP contribution in [0.25, 0.3) is 0 Å². The average Bonchev–Trinajstić information content (AvgIpc) is 2.54. The van der Waals surface area contributed by atoms with Crippen molar-refractivity contribution >= 4 is 11.9 Å². The third-order valence-electron chi connectivity index (χ3n) is 3.71. The number of benzene rings is 1. The van der Waals surface area contributed by atoms with E-state index in [-0.39, 0.29) is 78.0 Å². The number of carboxylic acids is 2.